The second-order valence-electron chi connectivity index (χ2n) is 4.08. The average molecular weight is 254 g/mol. The summed E-state index contributed by atoms with van der Waals surface area (Å²) in [4.78, 5) is 14.9. The molecular weight excluding hydrogens is 244 g/mol. The lowest BCUT2D eigenvalue weighted by Gasteiger charge is -2.07. The lowest BCUT2D eigenvalue weighted by atomic mass is 10.1. The molecular formula is C13H10N4O2. The fourth-order valence-electron chi connectivity index (χ4n) is 2.02. The molecule has 1 aromatic carbocycles. The van der Waals surface area contributed by atoms with Gasteiger partial charge in [0, 0.05) is 17.8 Å². The van der Waals surface area contributed by atoms with Crippen LogP contribution >= 0.6 is 0 Å². The fourth-order valence-corrected chi connectivity index (χ4v) is 2.02. The summed E-state index contributed by atoms with van der Waals surface area (Å²) in [6.07, 6.45) is 4.79. The molecule has 94 valence electrons. The van der Waals surface area contributed by atoms with Gasteiger partial charge in [-0.2, -0.15) is 0 Å². The van der Waals surface area contributed by atoms with Crippen molar-refractivity contribution in [3.05, 3.63) is 48.5 Å². The summed E-state index contributed by atoms with van der Waals surface area (Å²) in [5, 5.41) is 18.6. The molecule has 6 nitrogen and oxygen atoms in total. The Labute approximate surface area is 108 Å². The van der Waals surface area contributed by atoms with E-state index < -0.39 is 5.97 Å². The standard InChI is InChI=1S/C13H10N4O2/c18-13(19)6-10-7-15-16-17(10)12-3-1-2-9-4-5-14-8-11(9)12/h1-5,7-8H,6H2,(H,18,19). The highest BCUT2D eigenvalue weighted by Gasteiger charge is 2.12. The van der Waals surface area contributed by atoms with E-state index in [0.29, 0.717) is 5.69 Å². The number of aromatic nitrogens is 4. The summed E-state index contributed by atoms with van der Waals surface area (Å²) in [7, 11) is 0. The number of aliphatic carboxylic acids is 1. The summed E-state index contributed by atoms with van der Waals surface area (Å²) in [6, 6.07) is 7.62. The zero-order valence-corrected chi connectivity index (χ0v) is 9.89. The van der Waals surface area contributed by atoms with Crippen LogP contribution in [0.2, 0.25) is 0 Å². The Morgan fingerprint density at radius 2 is 2.16 bits per heavy atom. The van der Waals surface area contributed by atoms with Crippen molar-refractivity contribution in [1.29, 1.82) is 0 Å². The Morgan fingerprint density at radius 3 is 3.00 bits per heavy atom. The van der Waals surface area contributed by atoms with Crippen molar-refractivity contribution in [3.8, 4) is 5.69 Å². The smallest absolute Gasteiger partial charge is 0.309 e. The zero-order chi connectivity index (χ0) is 13.2. The van der Waals surface area contributed by atoms with E-state index in [4.69, 9.17) is 5.11 Å². The monoisotopic (exact) mass is 254 g/mol. The molecule has 19 heavy (non-hydrogen) atoms. The van der Waals surface area contributed by atoms with Crippen LogP contribution in [-0.2, 0) is 11.2 Å². The van der Waals surface area contributed by atoms with Crippen LogP contribution in [0.5, 0.6) is 0 Å². The van der Waals surface area contributed by atoms with Crippen molar-refractivity contribution in [2.24, 2.45) is 0 Å². The maximum absolute atomic E-state index is 10.8. The highest BCUT2D eigenvalue weighted by molar-refractivity contribution is 5.89. The third-order valence-corrected chi connectivity index (χ3v) is 2.84. The summed E-state index contributed by atoms with van der Waals surface area (Å²) >= 11 is 0. The van der Waals surface area contributed by atoms with E-state index in [0.717, 1.165) is 16.5 Å². The molecule has 0 saturated heterocycles. The minimum absolute atomic E-state index is 0.121. The first-order chi connectivity index (χ1) is 9.25. The molecule has 0 atom stereocenters. The molecule has 0 unspecified atom stereocenters. The summed E-state index contributed by atoms with van der Waals surface area (Å²) in [5.41, 5.74) is 1.31. The van der Waals surface area contributed by atoms with Crippen LogP contribution in [0.4, 0.5) is 0 Å². The number of benzene rings is 1. The third kappa shape index (κ3) is 2.03. The van der Waals surface area contributed by atoms with Crippen LogP contribution in [0.1, 0.15) is 5.69 Å². The molecule has 2 heterocycles. The second kappa shape index (κ2) is 4.49. The number of nitrogens with zero attached hydrogens (tertiary/aromatic N) is 4. The molecule has 3 aromatic rings. The number of fused-ring (bicyclic) bond motifs is 1. The minimum Gasteiger partial charge on any atom is -0.481 e. The summed E-state index contributed by atoms with van der Waals surface area (Å²) < 4.78 is 1.54. The van der Waals surface area contributed by atoms with Crippen molar-refractivity contribution in [3.63, 3.8) is 0 Å². The topological polar surface area (TPSA) is 80.9 Å². The maximum Gasteiger partial charge on any atom is 0.309 e. The van der Waals surface area contributed by atoms with Gasteiger partial charge in [-0.3, -0.25) is 9.78 Å². The van der Waals surface area contributed by atoms with Crippen LogP contribution in [0.15, 0.2) is 42.9 Å². The molecule has 0 bridgehead atoms. The van der Waals surface area contributed by atoms with Crippen LogP contribution < -0.4 is 0 Å². The van der Waals surface area contributed by atoms with Crippen LogP contribution in [0.3, 0.4) is 0 Å². The molecule has 0 spiro atoms. The van der Waals surface area contributed by atoms with E-state index in [1.807, 2.05) is 24.3 Å². The Hall–Kier alpha value is -2.76. The number of carbonyl (C=O) groups is 1. The molecule has 0 saturated carbocycles. The van der Waals surface area contributed by atoms with Gasteiger partial charge in [0.15, 0.2) is 0 Å². The van der Waals surface area contributed by atoms with E-state index in [9.17, 15) is 4.79 Å². The SMILES string of the molecule is O=C(O)Cc1cnnn1-c1cccc2ccncc12. The van der Waals surface area contributed by atoms with E-state index in [1.54, 1.807) is 12.4 Å². The van der Waals surface area contributed by atoms with Gasteiger partial charge in [0.25, 0.3) is 0 Å². The predicted octanol–water partition coefficient (Wildman–Crippen LogP) is 1.44. The van der Waals surface area contributed by atoms with Crippen molar-refractivity contribution >= 4 is 16.7 Å². The molecule has 0 fully saturated rings. The molecule has 0 aliphatic heterocycles. The minimum atomic E-state index is -0.915. The molecule has 2 aromatic heterocycles. The zero-order valence-electron chi connectivity index (χ0n) is 9.89. The van der Waals surface area contributed by atoms with Gasteiger partial charge in [-0.1, -0.05) is 17.3 Å². The summed E-state index contributed by atoms with van der Waals surface area (Å²) in [6.45, 7) is 0. The number of pyridine rings is 1. The molecule has 0 aliphatic rings. The van der Waals surface area contributed by atoms with E-state index in [1.165, 1.54) is 10.9 Å². The number of hydrogen-bond donors (Lipinski definition) is 1. The van der Waals surface area contributed by atoms with Gasteiger partial charge >= 0.3 is 5.97 Å². The van der Waals surface area contributed by atoms with E-state index >= 15 is 0 Å². The number of rotatable bonds is 3. The molecule has 0 amide bonds. The van der Waals surface area contributed by atoms with Gasteiger partial charge in [0.2, 0.25) is 0 Å². The predicted molar refractivity (Wildman–Crippen MR) is 68.0 cm³/mol. The van der Waals surface area contributed by atoms with Gasteiger partial charge in [-0.25, -0.2) is 4.68 Å². The van der Waals surface area contributed by atoms with Crippen molar-refractivity contribution in [2.45, 2.75) is 6.42 Å². The first kappa shape index (κ1) is 11.3. The maximum atomic E-state index is 10.8. The normalized spacial score (nSPS) is 10.7. The van der Waals surface area contributed by atoms with Gasteiger partial charge in [0.05, 0.1) is 24.0 Å². The van der Waals surface area contributed by atoms with Crippen molar-refractivity contribution in [2.75, 3.05) is 0 Å². The first-order valence-corrected chi connectivity index (χ1v) is 5.70. The lowest BCUT2D eigenvalue weighted by molar-refractivity contribution is -0.136. The average Bonchev–Trinajstić information content (AvgIpc) is 2.85. The number of hydrogen-bond acceptors (Lipinski definition) is 4. The van der Waals surface area contributed by atoms with Gasteiger partial charge < -0.3 is 5.11 Å². The van der Waals surface area contributed by atoms with Gasteiger partial charge in [-0.05, 0) is 17.5 Å². The van der Waals surface area contributed by atoms with Crippen LogP contribution in [0.25, 0.3) is 16.5 Å². The second-order valence-corrected chi connectivity index (χ2v) is 4.08. The van der Waals surface area contributed by atoms with Crippen LogP contribution in [-0.4, -0.2) is 31.1 Å². The lowest BCUT2D eigenvalue weighted by Crippen LogP contribution is -2.08. The number of carboxylic acids is 1. The Bertz CT molecular complexity index is 746. The third-order valence-electron chi connectivity index (χ3n) is 2.84. The van der Waals surface area contributed by atoms with Gasteiger partial charge in [-0.15, -0.1) is 5.10 Å². The van der Waals surface area contributed by atoms with E-state index in [2.05, 4.69) is 15.3 Å². The van der Waals surface area contributed by atoms with Crippen molar-refractivity contribution < 1.29 is 9.90 Å². The molecule has 0 aliphatic carbocycles. The molecule has 0 radical (unpaired) electrons. The van der Waals surface area contributed by atoms with Crippen LogP contribution in [0, 0.1) is 0 Å². The van der Waals surface area contributed by atoms with Crippen molar-refractivity contribution in [1.82, 2.24) is 20.0 Å². The highest BCUT2D eigenvalue weighted by atomic mass is 16.4. The molecule has 6 heteroatoms. The summed E-state index contributed by atoms with van der Waals surface area (Å²) in [5.74, 6) is -0.915. The molecule has 1 N–H and O–H groups in total. The quantitative estimate of drug-likeness (QED) is 0.765. The number of carboxylic acid groups (broad SMARTS) is 1. The Balaban J connectivity index is 2.20. The Morgan fingerprint density at radius 1 is 1.26 bits per heavy atom. The largest absolute Gasteiger partial charge is 0.481 e. The van der Waals surface area contributed by atoms with E-state index in [-0.39, 0.29) is 6.42 Å². The highest BCUT2D eigenvalue weighted by Crippen LogP contribution is 2.21. The first-order valence-electron chi connectivity index (χ1n) is 5.70. The van der Waals surface area contributed by atoms with Gasteiger partial charge in [0.1, 0.15) is 0 Å². The molecule has 3 rings (SSSR count). The Kier molecular flexibility index (Phi) is 2.68. The fraction of sp³-hybridized carbons (Fsp3) is 0.0769.